The molecule has 4 aromatic rings. The summed E-state index contributed by atoms with van der Waals surface area (Å²) in [4.78, 5) is 32.7. The third-order valence-corrected chi connectivity index (χ3v) is 5.65. The molecule has 9 heteroatoms. The third kappa shape index (κ3) is 4.59. The van der Waals surface area contributed by atoms with Crippen LogP contribution in [0.3, 0.4) is 0 Å². The highest BCUT2D eigenvalue weighted by molar-refractivity contribution is 6.34. The molecule has 1 amide bonds. The number of hydrogen-bond donors (Lipinski definition) is 1. The molecule has 0 saturated heterocycles. The van der Waals surface area contributed by atoms with Crippen molar-refractivity contribution in [1.29, 1.82) is 5.26 Å². The number of pyridine rings is 2. The molecule has 0 aliphatic rings. The molecular formula is C24H20ClN7O. The number of amides is 1. The van der Waals surface area contributed by atoms with Crippen molar-refractivity contribution >= 4 is 34.2 Å². The lowest BCUT2D eigenvalue weighted by molar-refractivity contribution is 0.0663. The average molecular weight is 458 g/mol. The first-order chi connectivity index (χ1) is 15.9. The topological polar surface area (TPSA) is 122 Å². The van der Waals surface area contributed by atoms with Crippen LogP contribution in [0.4, 0.5) is 5.82 Å². The van der Waals surface area contributed by atoms with E-state index in [2.05, 4.69) is 19.9 Å². The predicted octanol–water partition coefficient (Wildman–Crippen LogP) is 4.24. The molecular weight excluding hydrogens is 438 g/mol. The van der Waals surface area contributed by atoms with Crippen LogP contribution in [0.15, 0.2) is 55.0 Å². The summed E-state index contributed by atoms with van der Waals surface area (Å²) in [5.41, 5.74) is 8.73. The Morgan fingerprint density at radius 2 is 1.97 bits per heavy atom. The minimum atomic E-state index is -0.464. The van der Waals surface area contributed by atoms with Crippen molar-refractivity contribution < 1.29 is 4.79 Å². The Morgan fingerprint density at radius 1 is 1.21 bits per heavy atom. The van der Waals surface area contributed by atoms with Gasteiger partial charge in [-0.2, -0.15) is 5.26 Å². The second kappa shape index (κ2) is 9.18. The smallest absolute Gasteiger partial charge is 0.256 e. The van der Waals surface area contributed by atoms with Crippen LogP contribution >= 0.6 is 11.6 Å². The number of rotatable bonds is 5. The lowest BCUT2D eigenvalue weighted by Crippen LogP contribution is -2.34. The maximum absolute atomic E-state index is 13.8. The fourth-order valence-corrected chi connectivity index (χ4v) is 3.68. The van der Waals surface area contributed by atoms with Crippen molar-refractivity contribution in [3.63, 3.8) is 0 Å². The van der Waals surface area contributed by atoms with Gasteiger partial charge in [0.05, 0.1) is 39.9 Å². The van der Waals surface area contributed by atoms with Gasteiger partial charge in [0.15, 0.2) is 0 Å². The van der Waals surface area contributed by atoms with Gasteiger partial charge in [-0.05, 0) is 55.8 Å². The molecule has 0 bridgehead atoms. The summed E-state index contributed by atoms with van der Waals surface area (Å²) >= 11 is 6.52. The molecule has 4 rings (SSSR count). The highest BCUT2D eigenvalue weighted by Gasteiger charge is 2.27. The summed E-state index contributed by atoms with van der Waals surface area (Å²) < 4.78 is 0. The molecule has 33 heavy (non-hydrogen) atoms. The molecule has 0 saturated carbocycles. The molecule has 1 unspecified atom stereocenters. The second-order valence-electron chi connectivity index (χ2n) is 7.58. The largest absolute Gasteiger partial charge is 0.383 e. The first-order valence-electron chi connectivity index (χ1n) is 10.2. The van der Waals surface area contributed by atoms with Gasteiger partial charge in [0.25, 0.3) is 5.91 Å². The number of anilines is 1. The van der Waals surface area contributed by atoms with E-state index in [1.54, 1.807) is 47.6 Å². The van der Waals surface area contributed by atoms with Gasteiger partial charge in [-0.15, -0.1) is 0 Å². The molecule has 1 atom stereocenters. The van der Waals surface area contributed by atoms with Gasteiger partial charge in [-0.3, -0.25) is 9.78 Å². The fraction of sp³-hybridized carbons (Fsp3) is 0.167. The number of carbonyl (C=O) groups excluding carboxylic acids is 1. The van der Waals surface area contributed by atoms with Crippen LogP contribution < -0.4 is 5.73 Å². The van der Waals surface area contributed by atoms with Crippen LogP contribution in [0.2, 0.25) is 5.02 Å². The Balaban J connectivity index is 1.77. The number of nitrogen functional groups attached to an aromatic ring is 1. The van der Waals surface area contributed by atoms with E-state index in [0.717, 1.165) is 10.9 Å². The van der Waals surface area contributed by atoms with Crippen molar-refractivity contribution in [2.24, 2.45) is 0 Å². The van der Waals surface area contributed by atoms with E-state index in [-0.39, 0.29) is 17.5 Å². The number of aromatic nitrogens is 4. The van der Waals surface area contributed by atoms with Crippen molar-refractivity contribution in [2.75, 3.05) is 5.73 Å². The zero-order chi connectivity index (χ0) is 23.5. The van der Waals surface area contributed by atoms with E-state index in [1.165, 1.54) is 6.20 Å². The monoisotopic (exact) mass is 457 g/mol. The minimum absolute atomic E-state index is 0.178. The number of nitriles is 1. The van der Waals surface area contributed by atoms with E-state index < -0.39 is 6.04 Å². The number of nitrogens with zero attached hydrogens (tertiary/aromatic N) is 6. The molecule has 3 aromatic heterocycles. The zero-order valence-corrected chi connectivity index (χ0v) is 18.8. The maximum Gasteiger partial charge on any atom is 0.256 e. The SMILES string of the molecule is Cc1cc2cc(C(=O)N(Cc3ccc(C#N)cn3)C(C)c3ncccn3)c(Cl)cc2nc1N. The van der Waals surface area contributed by atoms with Crippen molar-refractivity contribution in [3.05, 3.63) is 88.2 Å². The van der Waals surface area contributed by atoms with E-state index in [9.17, 15) is 4.79 Å². The number of aryl methyl sites for hydroxylation is 1. The Bertz CT molecular complexity index is 1370. The quantitative estimate of drug-likeness (QED) is 0.475. The predicted molar refractivity (Wildman–Crippen MR) is 125 cm³/mol. The summed E-state index contributed by atoms with van der Waals surface area (Å²) in [6, 6.07) is 11.9. The highest BCUT2D eigenvalue weighted by Crippen LogP contribution is 2.29. The summed E-state index contributed by atoms with van der Waals surface area (Å²) in [5.74, 6) is 0.602. The van der Waals surface area contributed by atoms with E-state index >= 15 is 0 Å². The van der Waals surface area contributed by atoms with Crippen molar-refractivity contribution in [3.8, 4) is 6.07 Å². The number of benzene rings is 1. The number of nitrogens with two attached hydrogens (primary N) is 1. The van der Waals surface area contributed by atoms with Crippen LogP contribution in [-0.4, -0.2) is 30.7 Å². The Morgan fingerprint density at radius 3 is 2.64 bits per heavy atom. The zero-order valence-electron chi connectivity index (χ0n) is 18.0. The van der Waals surface area contributed by atoms with Gasteiger partial charge in [-0.1, -0.05) is 11.6 Å². The van der Waals surface area contributed by atoms with Gasteiger partial charge in [0, 0.05) is 24.0 Å². The summed E-state index contributed by atoms with van der Waals surface area (Å²) in [7, 11) is 0. The number of halogens is 1. The molecule has 8 nitrogen and oxygen atoms in total. The molecule has 2 N–H and O–H groups in total. The summed E-state index contributed by atoms with van der Waals surface area (Å²) in [5, 5.41) is 10.1. The van der Waals surface area contributed by atoms with Gasteiger partial charge in [-0.25, -0.2) is 15.0 Å². The Kier molecular flexibility index (Phi) is 6.16. The first kappa shape index (κ1) is 22.1. The Hall–Kier alpha value is -4.09. The Labute approximate surface area is 195 Å². The highest BCUT2D eigenvalue weighted by atomic mass is 35.5. The van der Waals surface area contributed by atoms with E-state index in [1.807, 2.05) is 26.0 Å². The molecule has 0 aliphatic carbocycles. The van der Waals surface area contributed by atoms with Gasteiger partial charge in [0.1, 0.15) is 17.7 Å². The van der Waals surface area contributed by atoms with Crippen LogP contribution in [0.1, 0.15) is 46.0 Å². The third-order valence-electron chi connectivity index (χ3n) is 5.34. The van der Waals surface area contributed by atoms with Crippen LogP contribution in [-0.2, 0) is 6.54 Å². The normalized spacial score (nSPS) is 11.7. The van der Waals surface area contributed by atoms with Gasteiger partial charge >= 0.3 is 0 Å². The molecule has 0 aliphatic heterocycles. The number of fused-ring (bicyclic) bond motifs is 1. The summed E-state index contributed by atoms with van der Waals surface area (Å²) in [6.45, 7) is 3.88. The van der Waals surface area contributed by atoms with E-state index in [4.69, 9.17) is 22.6 Å². The lowest BCUT2D eigenvalue weighted by atomic mass is 10.1. The molecule has 3 heterocycles. The fourth-order valence-electron chi connectivity index (χ4n) is 3.44. The minimum Gasteiger partial charge on any atom is -0.383 e. The maximum atomic E-state index is 13.8. The molecule has 0 fully saturated rings. The average Bonchev–Trinajstić information content (AvgIpc) is 2.83. The van der Waals surface area contributed by atoms with Crippen LogP contribution in [0.5, 0.6) is 0 Å². The standard InChI is InChI=1S/C24H20ClN7O/c1-14-8-17-9-19(20(25)10-21(17)31-22(14)27)24(33)32(15(2)23-28-6-3-7-29-23)13-18-5-4-16(11-26)12-30-18/h3-10,12,15H,13H2,1-2H3,(H2,27,31). The summed E-state index contributed by atoms with van der Waals surface area (Å²) in [6.07, 6.45) is 4.73. The van der Waals surface area contributed by atoms with E-state index in [0.29, 0.717) is 34.0 Å². The first-order valence-corrected chi connectivity index (χ1v) is 10.5. The van der Waals surface area contributed by atoms with Gasteiger partial charge < -0.3 is 10.6 Å². The lowest BCUT2D eigenvalue weighted by Gasteiger charge is -2.28. The molecule has 1 aromatic carbocycles. The van der Waals surface area contributed by atoms with Crippen LogP contribution in [0.25, 0.3) is 10.9 Å². The molecule has 0 radical (unpaired) electrons. The molecule has 164 valence electrons. The second-order valence-corrected chi connectivity index (χ2v) is 7.99. The number of carbonyl (C=O) groups is 1. The number of hydrogen-bond acceptors (Lipinski definition) is 7. The van der Waals surface area contributed by atoms with Crippen LogP contribution in [0, 0.1) is 18.3 Å². The van der Waals surface area contributed by atoms with Gasteiger partial charge in [0.2, 0.25) is 0 Å². The van der Waals surface area contributed by atoms with Crippen molar-refractivity contribution in [2.45, 2.75) is 26.4 Å². The molecule has 0 spiro atoms. The van der Waals surface area contributed by atoms with Crippen molar-refractivity contribution in [1.82, 2.24) is 24.8 Å².